The highest BCUT2D eigenvalue weighted by molar-refractivity contribution is 5.88. The van der Waals surface area contributed by atoms with Gasteiger partial charge in [-0.2, -0.15) is 10.2 Å². The van der Waals surface area contributed by atoms with E-state index < -0.39 is 58.5 Å². The van der Waals surface area contributed by atoms with Crippen molar-refractivity contribution in [1.29, 1.82) is 0 Å². The molecule has 0 spiro atoms. The van der Waals surface area contributed by atoms with Crippen molar-refractivity contribution in [3.8, 4) is 0 Å². The molecule has 0 bridgehead atoms. The van der Waals surface area contributed by atoms with E-state index in [0.717, 1.165) is 14.5 Å². The molecule has 0 aliphatic carbocycles. The molecule has 0 radical (unpaired) electrons. The molecule has 0 atom stereocenters. The van der Waals surface area contributed by atoms with Gasteiger partial charge in [0.1, 0.15) is 68.1 Å². The van der Waals surface area contributed by atoms with Crippen molar-refractivity contribution in [2.75, 3.05) is 78.0 Å². The largest absolute Gasteiger partial charge is 0.444 e. The smallest absolute Gasteiger partial charge is 0.413 e. The highest BCUT2D eigenvalue weighted by Crippen LogP contribution is 2.24. The first-order chi connectivity index (χ1) is 41.6. The number of aromatic amines is 2. The van der Waals surface area contributed by atoms with Crippen LogP contribution in [0.4, 0.5) is 81.8 Å². The van der Waals surface area contributed by atoms with Crippen LogP contribution in [-0.2, 0) is 23.7 Å². The summed E-state index contributed by atoms with van der Waals surface area (Å²) in [6.45, 7) is 26.5. The van der Waals surface area contributed by atoms with Crippen LogP contribution in [0.1, 0.15) is 104 Å². The maximum atomic E-state index is 11.5. The molecular formula is C50H84N24O16. The zero-order chi connectivity index (χ0) is 68.8. The SMILES string of the molecule is CC(C)(C)OC(=O)Nc1ccn[nH]1.CC(C)(C)OC(=O)Nc1ccnn1O.COn1ncc(N)c1N.COn1ncc(N)c1NC(=O)OC(C)(C)C.COn1ncc(N=O)c1NC(=O)OC(C)(C)C.COn1nccc1NC(=O)OC(C)(C)C.Nc1ccn[nH]1. The average molecular weight is 1280 g/mol. The number of rotatable bonds is 10. The minimum Gasteiger partial charge on any atom is -0.444 e. The molecule has 0 aromatic carbocycles. The maximum Gasteiger partial charge on any atom is 0.413 e. The molecule has 7 aromatic heterocycles. The molecule has 40 heteroatoms. The number of nitrogens with one attached hydrogen (secondary N) is 7. The van der Waals surface area contributed by atoms with Crippen LogP contribution in [0.5, 0.6) is 0 Å². The first kappa shape index (κ1) is 76.6. The summed E-state index contributed by atoms with van der Waals surface area (Å²) in [5, 5.41) is 54.7. The molecule has 7 heterocycles. The highest BCUT2D eigenvalue weighted by Gasteiger charge is 2.23. The van der Waals surface area contributed by atoms with E-state index in [1.165, 1.54) is 70.3 Å². The molecule has 0 saturated heterocycles. The Morgan fingerprint density at radius 2 is 0.844 bits per heavy atom. The minimum atomic E-state index is -0.721. The molecule has 500 valence electrons. The number of nitrogens with two attached hydrogens (primary N) is 4. The first-order valence-corrected chi connectivity index (χ1v) is 26.2. The number of carbonyl (C=O) groups is 5. The first-order valence-electron chi connectivity index (χ1n) is 26.2. The highest BCUT2D eigenvalue weighted by atomic mass is 16.7. The summed E-state index contributed by atoms with van der Waals surface area (Å²) in [6.07, 6.45) is 6.99. The molecule has 7 aromatic rings. The third-order valence-corrected chi connectivity index (χ3v) is 8.47. The number of H-pyrrole nitrogens is 2. The van der Waals surface area contributed by atoms with E-state index in [4.69, 9.17) is 66.3 Å². The summed E-state index contributed by atoms with van der Waals surface area (Å²) in [7, 11) is 5.66. The van der Waals surface area contributed by atoms with Crippen LogP contribution < -0.4 is 68.9 Å². The Morgan fingerprint density at radius 1 is 0.456 bits per heavy atom. The van der Waals surface area contributed by atoms with Gasteiger partial charge in [0.15, 0.2) is 29.0 Å². The van der Waals surface area contributed by atoms with Crippen LogP contribution in [0, 0.1) is 4.91 Å². The lowest BCUT2D eigenvalue weighted by atomic mass is 10.2. The van der Waals surface area contributed by atoms with Crippen molar-refractivity contribution in [2.24, 2.45) is 5.18 Å². The summed E-state index contributed by atoms with van der Waals surface area (Å²) < 4.78 is 25.1. The summed E-state index contributed by atoms with van der Waals surface area (Å²) in [6, 6.07) is 6.39. The molecule has 40 nitrogen and oxygen atoms in total. The summed E-state index contributed by atoms with van der Waals surface area (Å²) in [4.78, 5) is 91.2. The molecule has 90 heavy (non-hydrogen) atoms. The van der Waals surface area contributed by atoms with Crippen LogP contribution in [0.25, 0.3) is 0 Å². The minimum absolute atomic E-state index is 0.0248. The molecule has 0 unspecified atom stereocenters. The lowest BCUT2D eigenvalue weighted by Crippen LogP contribution is -2.28. The normalized spacial score (nSPS) is 10.7. The van der Waals surface area contributed by atoms with Crippen molar-refractivity contribution in [2.45, 2.75) is 132 Å². The standard InChI is InChI=1S/C9H14N4O4.C9H16N4O3.C9H15N3O3.C8H13N3O3.C8H13N3O2.C4H8N4O.C3H5N3/c1-9(2,3)17-8(14)11-7-6(12-15)5-10-13(7)16-4;1-9(2,3)16-8(14)12-7-6(10)5-11-13(7)15-4;1-9(2,3)15-8(13)11-7-5-6-10-12(7)14-4;1-8(2,3)14-7(12)10-6-4-5-9-11(6)13;1-8(2,3)13-7(12)10-6-4-5-9-11-6;1-9-8-4(6)3(5)2-7-8;4-3-1-2-5-6-3/h5H,1-4H3,(H,11,14);5H,10H2,1-4H3,(H,12,14);5-6H,1-4H3,(H,11,13);4-5,13H,1-3H3,(H,10,12);4-5H,1-3H3,(H2,9,10,11,12);2H,5-6H2,1H3;1-2H,(H3,4,5,6). The maximum absolute atomic E-state index is 11.5. The lowest BCUT2D eigenvalue weighted by molar-refractivity contribution is 0.0615. The topological polar surface area (TPSA) is 529 Å². The van der Waals surface area contributed by atoms with Gasteiger partial charge in [-0.1, -0.05) is 24.2 Å². The second-order valence-electron chi connectivity index (χ2n) is 22.1. The van der Waals surface area contributed by atoms with Gasteiger partial charge in [-0.3, -0.25) is 36.8 Å². The fraction of sp³-hybridized carbons (Fsp3) is 0.480. The number of aromatic nitrogens is 14. The predicted octanol–water partition coefficient (Wildman–Crippen LogP) is 6.17. The lowest BCUT2D eigenvalue weighted by Gasteiger charge is -2.19. The van der Waals surface area contributed by atoms with Crippen molar-refractivity contribution >= 4 is 88.3 Å². The number of amides is 5. The summed E-state index contributed by atoms with van der Waals surface area (Å²) in [5.74, 6) is 2.32. The number of hydrogen-bond donors (Lipinski definition) is 12. The van der Waals surface area contributed by atoms with Gasteiger partial charge in [-0.15, -0.1) is 30.4 Å². The molecule has 0 aliphatic rings. The predicted molar refractivity (Wildman–Crippen MR) is 328 cm³/mol. The number of hydrogen-bond acceptors (Lipinski definition) is 28. The van der Waals surface area contributed by atoms with Crippen molar-refractivity contribution in [3.05, 3.63) is 72.6 Å². The van der Waals surface area contributed by atoms with E-state index in [0.29, 0.717) is 39.5 Å². The van der Waals surface area contributed by atoms with Crippen LogP contribution in [0.3, 0.4) is 0 Å². The fourth-order valence-corrected chi connectivity index (χ4v) is 5.28. The zero-order valence-corrected chi connectivity index (χ0v) is 53.5. The van der Waals surface area contributed by atoms with E-state index in [2.05, 4.69) is 82.5 Å². The van der Waals surface area contributed by atoms with E-state index in [1.807, 2.05) is 0 Å². The van der Waals surface area contributed by atoms with Gasteiger partial charge in [-0.05, 0) is 115 Å². The zero-order valence-electron chi connectivity index (χ0n) is 53.5. The van der Waals surface area contributed by atoms with Crippen LogP contribution >= 0.6 is 0 Å². The van der Waals surface area contributed by atoms with Gasteiger partial charge >= 0.3 is 30.5 Å². The second-order valence-corrected chi connectivity index (χ2v) is 22.1. The third kappa shape index (κ3) is 32.2. The van der Waals surface area contributed by atoms with E-state index in [-0.39, 0.29) is 23.1 Å². The van der Waals surface area contributed by atoms with Crippen LogP contribution in [-0.4, -0.2) is 162 Å². The van der Waals surface area contributed by atoms with Crippen molar-refractivity contribution < 1.29 is 72.2 Å². The molecule has 7 rings (SSSR count). The molecule has 0 aliphatic heterocycles. The van der Waals surface area contributed by atoms with Crippen LogP contribution in [0.15, 0.2) is 72.8 Å². The summed E-state index contributed by atoms with van der Waals surface area (Å²) >= 11 is 0. The second kappa shape index (κ2) is 35.3. The Hall–Kier alpha value is -11.4. The van der Waals surface area contributed by atoms with E-state index >= 15 is 0 Å². The van der Waals surface area contributed by atoms with Crippen molar-refractivity contribution in [1.82, 2.24) is 70.1 Å². The number of nitrogens with zero attached hydrogens (tertiary/aromatic N) is 13. The number of nitrogen functional groups attached to an aromatic ring is 4. The van der Waals surface area contributed by atoms with E-state index in [9.17, 15) is 28.9 Å². The monoisotopic (exact) mass is 1280 g/mol. The molecule has 16 N–H and O–H groups in total. The van der Waals surface area contributed by atoms with Gasteiger partial charge in [0.05, 0.1) is 54.8 Å². The molecular weight excluding hydrogens is 1190 g/mol. The van der Waals surface area contributed by atoms with Gasteiger partial charge in [-0.25, -0.2) is 24.0 Å². The van der Waals surface area contributed by atoms with Gasteiger partial charge in [0.2, 0.25) is 5.82 Å². The van der Waals surface area contributed by atoms with E-state index in [1.54, 1.807) is 134 Å². The molecule has 0 fully saturated rings. The fourth-order valence-electron chi connectivity index (χ4n) is 5.28. The Balaban J connectivity index is 0.000000533. The van der Waals surface area contributed by atoms with Gasteiger partial charge in [0.25, 0.3) is 0 Å². The number of ether oxygens (including phenoxy) is 5. The quantitative estimate of drug-likeness (QED) is 0.0414. The van der Waals surface area contributed by atoms with Gasteiger partial charge in [0, 0.05) is 18.2 Å². The van der Waals surface area contributed by atoms with Crippen molar-refractivity contribution in [3.63, 3.8) is 0 Å². The average Bonchev–Trinajstić information content (AvgIpc) is 3.78. The van der Waals surface area contributed by atoms with Gasteiger partial charge < -0.3 is 71.2 Å². The number of carbonyl (C=O) groups excluding carboxylic acids is 5. The Kier molecular flexibility index (Phi) is 30.1. The Morgan fingerprint density at radius 3 is 1.21 bits per heavy atom. The van der Waals surface area contributed by atoms with Crippen LogP contribution in [0.2, 0.25) is 0 Å². The Bertz CT molecular complexity index is 3240. The number of nitroso groups, excluding NO2 is 1. The molecule has 5 amide bonds. The number of anilines is 9. The molecule has 0 saturated carbocycles. The third-order valence-electron chi connectivity index (χ3n) is 8.47. The summed E-state index contributed by atoms with van der Waals surface area (Å²) in [5.41, 5.74) is 19.3. The Labute approximate surface area is 516 Å².